The molecule has 1 atom stereocenters. The summed E-state index contributed by atoms with van der Waals surface area (Å²) in [6, 6.07) is 35.1. The van der Waals surface area contributed by atoms with E-state index in [1.54, 1.807) is 24.3 Å². The number of benzene rings is 4. The van der Waals surface area contributed by atoms with Gasteiger partial charge in [-0.1, -0.05) is 84.9 Å². The lowest BCUT2D eigenvalue weighted by atomic mass is 10.1. The number of anilines is 1. The van der Waals surface area contributed by atoms with Gasteiger partial charge in [-0.15, -0.1) is 15.0 Å². The molecule has 1 unspecified atom stereocenters. The Morgan fingerprint density at radius 1 is 0.676 bits per heavy atom. The van der Waals surface area contributed by atoms with Gasteiger partial charge < -0.3 is 4.74 Å². The smallest absolute Gasteiger partial charge is 0.373 e. The average molecular weight is 490 g/mol. The first-order valence-electron chi connectivity index (χ1n) is 11.9. The molecule has 1 aromatic heterocycles. The van der Waals surface area contributed by atoms with Gasteiger partial charge in [-0.2, -0.15) is 4.68 Å². The Labute approximate surface area is 212 Å². The molecule has 0 radical (unpaired) electrons. The van der Waals surface area contributed by atoms with E-state index in [0.717, 1.165) is 15.7 Å². The van der Waals surface area contributed by atoms with Gasteiger partial charge in [0.05, 0.1) is 11.4 Å². The Morgan fingerprint density at radius 3 is 1.89 bits per heavy atom. The van der Waals surface area contributed by atoms with Gasteiger partial charge in [-0.25, -0.2) is 14.2 Å². The molecule has 0 fully saturated rings. The lowest BCUT2D eigenvalue weighted by Crippen LogP contribution is -2.49. The number of fused-ring (bicyclic) bond motifs is 1. The molecule has 0 spiro atoms. The molecule has 2 heterocycles. The second-order valence-electron chi connectivity index (χ2n) is 8.58. The fraction of sp³-hybridized carbons (Fsp3) is 0.0690. The minimum Gasteiger partial charge on any atom is -0.462 e. The zero-order valence-corrected chi connectivity index (χ0v) is 20.0. The first kappa shape index (κ1) is 22.4. The third kappa shape index (κ3) is 3.84. The summed E-state index contributed by atoms with van der Waals surface area (Å²) in [5, 5.41) is 6.34. The summed E-state index contributed by atoms with van der Waals surface area (Å²) in [4.78, 5) is 29.1. The summed E-state index contributed by atoms with van der Waals surface area (Å²) in [7, 11) is 0. The van der Waals surface area contributed by atoms with Crippen LogP contribution in [0.4, 0.5) is 5.69 Å². The van der Waals surface area contributed by atoms with Crippen LogP contribution in [0.25, 0.3) is 5.69 Å². The van der Waals surface area contributed by atoms with Gasteiger partial charge >= 0.3 is 11.4 Å². The number of ether oxygens (including phenoxy) is 1. The topological polar surface area (TPSA) is 73.8 Å². The van der Waals surface area contributed by atoms with E-state index in [-0.39, 0.29) is 0 Å². The second-order valence-corrected chi connectivity index (χ2v) is 8.58. The van der Waals surface area contributed by atoms with E-state index in [9.17, 15) is 9.59 Å². The molecule has 37 heavy (non-hydrogen) atoms. The molecule has 0 N–H and O–H groups in total. The molecule has 0 amide bonds. The Balaban J connectivity index is 1.65. The molecular formula is C29H23N5O3. The summed E-state index contributed by atoms with van der Waals surface area (Å²) in [6.07, 6.45) is -1.01. The quantitative estimate of drug-likeness (QED) is 0.367. The van der Waals surface area contributed by atoms with Crippen molar-refractivity contribution in [2.45, 2.75) is 13.2 Å². The van der Waals surface area contributed by atoms with Gasteiger partial charge in [-0.3, -0.25) is 0 Å². The van der Waals surface area contributed by atoms with E-state index >= 15 is 0 Å². The first-order chi connectivity index (χ1) is 18.1. The van der Waals surface area contributed by atoms with E-state index in [2.05, 4.69) is 0 Å². The Morgan fingerprint density at radius 2 is 1.24 bits per heavy atom. The molecule has 182 valence electrons. The van der Waals surface area contributed by atoms with Crippen LogP contribution in [0.15, 0.2) is 130 Å². The number of hydrazone groups is 1. The standard InChI is InChI=1S/C29H23N5O3/c1-21-13-11-12-20-25(21)37-27-26(22-14-5-2-6-15-22)30-33(24-18-9-4-10-19-24)34-29(36)31(28(35)32(27)34)23-16-7-3-8-17-23/h2-20,27H,1H3. The monoisotopic (exact) mass is 489 g/mol. The van der Waals surface area contributed by atoms with Crippen molar-refractivity contribution in [3.05, 3.63) is 147 Å². The fourth-order valence-corrected chi connectivity index (χ4v) is 4.38. The number of hydrogen-bond donors (Lipinski definition) is 0. The summed E-state index contributed by atoms with van der Waals surface area (Å²) in [5.74, 6) is 0.586. The van der Waals surface area contributed by atoms with Crippen LogP contribution in [0.2, 0.25) is 0 Å². The fourth-order valence-electron chi connectivity index (χ4n) is 4.38. The van der Waals surface area contributed by atoms with Crippen molar-refractivity contribution in [2.75, 3.05) is 5.12 Å². The van der Waals surface area contributed by atoms with Crippen molar-refractivity contribution in [1.29, 1.82) is 0 Å². The third-order valence-corrected chi connectivity index (χ3v) is 6.19. The van der Waals surface area contributed by atoms with Crippen molar-refractivity contribution >= 4 is 11.4 Å². The second kappa shape index (κ2) is 9.16. The average Bonchev–Trinajstić information content (AvgIpc) is 3.21. The Kier molecular flexibility index (Phi) is 5.54. The molecule has 0 bridgehead atoms. The van der Waals surface area contributed by atoms with E-state index in [1.807, 2.05) is 97.9 Å². The molecule has 0 saturated heterocycles. The van der Waals surface area contributed by atoms with E-state index in [4.69, 9.17) is 9.84 Å². The summed E-state index contributed by atoms with van der Waals surface area (Å²) in [6.45, 7) is 1.93. The van der Waals surface area contributed by atoms with Crippen LogP contribution in [0.5, 0.6) is 5.75 Å². The molecule has 5 aromatic rings. The zero-order valence-electron chi connectivity index (χ0n) is 20.0. The van der Waals surface area contributed by atoms with Crippen molar-refractivity contribution < 1.29 is 4.74 Å². The van der Waals surface area contributed by atoms with Gasteiger partial charge in [0.15, 0.2) is 0 Å². The van der Waals surface area contributed by atoms with Gasteiger partial charge in [0.1, 0.15) is 11.5 Å². The Hall–Kier alpha value is -5.11. The minimum atomic E-state index is -1.01. The first-order valence-corrected chi connectivity index (χ1v) is 11.9. The highest BCUT2D eigenvalue weighted by atomic mass is 16.5. The summed E-state index contributed by atoms with van der Waals surface area (Å²) < 4.78 is 8.94. The lowest BCUT2D eigenvalue weighted by Gasteiger charge is -2.32. The molecule has 6 rings (SSSR count). The van der Waals surface area contributed by atoms with Gasteiger partial charge in [0.25, 0.3) is 0 Å². The SMILES string of the molecule is Cc1ccccc1OC1C(c2ccccc2)=NN(c2ccccc2)n2c(=O)n(-c3ccccc3)c(=O)n21. The maximum Gasteiger partial charge on any atom is 0.373 e. The predicted octanol–water partition coefficient (Wildman–Crippen LogP) is 4.37. The van der Waals surface area contributed by atoms with Crippen LogP contribution >= 0.6 is 0 Å². The number of aryl methyl sites for hydroxylation is 1. The molecule has 1 aliphatic rings. The van der Waals surface area contributed by atoms with Crippen LogP contribution in [0.1, 0.15) is 17.4 Å². The number of hydrogen-bond acceptors (Lipinski definition) is 5. The highest BCUT2D eigenvalue weighted by molar-refractivity contribution is 6.03. The lowest BCUT2D eigenvalue weighted by molar-refractivity contribution is 0.151. The van der Waals surface area contributed by atoms with Crippen LogP contribution in [0.3, 0.4) is 0 Å². The van der Waals surface area contributed by atoms with Gasteiger partial charge in [-0.05, 0) is 42.8 Å². The van der Waals surface area contributed by atoms with Crippen molar-refractivity contribution in [1.82, 2.24) is 14.0 Å². The zero-order chi connectivity index (χ0) is 25.4. The van der Waals surface area contributed by atoms with Crippen LogP contribution in [0, 0.1) is 6.92 Å². The number of rotatable bonds is 5. The molecular weight excluding hydrogens is 466 g/mol. The normalized spacial score (nSPS) is 14.7. The number of nitrogens with zero attached hydrogens (tertiary/aromatic N) is 5. The van der Waals surface area contributed by atoms with E-state index in [1.165, 1.54) is 14.6 Å². The maximum atomic E-state index is 14.0. The molecule has 1 aliphatic heterocycles. The minimum absolute atomic E-state index is 0.454. The number of aromatic nitrogens is 3. The van der Waals surface area contributed by atoms with Crippen LogP contribution in [-0.4, -0.2) is 19.8 Å². The van der Waals surface area contributed by atoms with Crippen LogP contribution < -0.4 is 21.2 Å². The van der Waals surface area contributed by atoms with Crippen LogP contribution in [-0.2, 0) is 0 Å². The highest BCUT2D eigenvalue weighted by Gasteiger charge is 2.37. The third-order valence-electron chi connectivity index (χ3n) is 6.19. The van der Waals surface area contributed by atoms with Crippen molar-refractivity contribution in [3.8, 4) is 11.4 Å². The summed E-state index contributed by atoms with van der Waals surface area (Å²) in [5.41, 5.74) is 2.11. The molecule has 8 heteroatoms. The predicted molar refractivity (Wildman–Crippen MR) is 142 cm³/mol. The summed E-state index contributed by atoms with van der Waals surface area (Å²) >= 11 is 0. The van der Waals surface area contributed by atoms with E-state index < -0.39 is 17.6 Å². The Bertz CT molecular complexity index is 1700. The highest BCUT2D eigenvalue weighted by Crippen LogP contribution is 2.28. The van der Waals surface area contributed by atoms with E-state index in [0.29, 0.717) is 22.8 Å². The maximum absolute atomic E-state index is 14.0. The molecule has 4 aromatic carbocycles. The number of para-hydroxylation sites is 3. The van der Waals surface area contributed by atoms with Gasteiger partial charge in [0.2, 0.25) is 6.23 Å². The van der Waals surface area contributed by atoms with Crippen molar-refractivity contribution in [2.24, 2.45) is 5.10 Å². The molecule has 0 aliphatic carbocycles. The van der Waals surface area contributed by atoms with Crippen molar-refractivity contribution in [3.63, 3.8) is 0 Å². The molecule has 8 nitrogen and oxygen atoms in total. The molecule has 0 saturated carbocycles. The largest absolute Gasteiger partial charge is 0.462 e. The van der Waals surface area contributed by atoms with Gasteiger partial charge in [0, 0.05) is 5.56 Å².